The van der Waals surface area contributed by atoms with E-state index < -0.39 is 18.2 Å². The monoisotopic (exact) mass is 631 g/mol. The first kappa shape index (κ1) is 31.7. The molecule has 12 nitrogen and oxygen atoms in total. The molecule has 0 aliphatic carbocycles. The van der Waals surface area contributed by atoms with E-state index in [2.05, 4.69) is 22.2 Å². The Labute approximate surface area is 265 Å². The van der Waals surface area contributed by atoms with Gasteiger partial charge in [-0.1, -0.05) is 48.5 Å². The molecule has 0 spiro atoms. The van der Waals surface area contributed by atoms with Crippen molar-refractivity contribution in [3.63, 3.8) is 0 Å². The molecule has 1 aromatic heterocycles. The summed E-state index contributed by atoms with van der Waals surface area (Å²) in [4.78, 5) is 62.4. The zero-order valence-electron chi connectivity index (χ0n) is 25.1. The number of amides is 5. The molecule has 2 aliphatic heterocycles. The summed E-state index contributed by atoms with van der Waals surface area (Å²) >= 11 is 1.39. The molecule has 3 aromatic rings. The van der Waals surface area contributed by atoms with Crippen LogP contribution in [-0.4, -0.2) is 92.0 Å². The topological polar surface area (TPSA) is 138 Å². The largest absolute Gasteiger partial charge is 0.508 e. The zero-order valence-corrected chi connectivity index (χ0v) is 25.9. The molecule has 2 atom stereocenters. The third kappa shape index (κ3) is 7.67. The lowest BCUT2D eigenvalue weighted by Gasteiger charge is -2.55. The molecule has 0 saturated carbocycles. The molecule has 2 fully saturated rings. The molecular formula is C32H37N7O5S. The van der Waals surface area contributed by atoms with Gasteiger partial charge in [0.15, 0.2) is 5.13 Å². The number of hydrogen-bond acceptors (Lipinski definition) is 8. The number of hydrogen-bond donors (Lipinski definition) is 3. The first-order chi connectivity index (χ1) is 21.7. The molecule has 236 valence electrons. The van der Waals surface area contributed by atoms with Gasteiger partial charge in [-0.15, -0.1) is 17.9 Å². The summed E-state index contributed by atoms with van der Waals surface area (Å²) in [6.07, 6.45) is 3.28. The van der Waals surface area contributed by atoms with E-state index >= 15 is 0 Å². The number of carbonyl (C=O) groups excluding carboxylic acids is 4. The number of piperazine rings is 1. The molecule has 0 bridgehead atoms. The van der Waals surface area contributed by atoms with Crippen LogP contribution in [-0.2, 0) is 27.3 Å². The van der Waals surface area contributed by atoms with E-state index in [4.69, 9.17) is 0 Å². The molecule has 45 heavy (non-hydrogen) atoms. The molecular weight excluding hydrogens is 594 g/mol. The van der Waals surface area contributed by atoms with Crippen LogP contribution in [0.4, 0.5) is 9.93 Å². The highest BCUT2D eigenvalue weighted by Crippen LogP contribution is 2.29. The highest BCUT2D eigenvalue weighted by Gasteiger charge is 2.51. The third-order valence-electron chi connectivity index (χ3n) is 7.73. The standard InChI is InChI=1S/C32H37N7O5S/c1-3-15-37-21-29(42)38-26(17-23-11-13-25(40)14-12-23)30(43)36(16-7-10-27(41)35-31-33-18-22(2)45-31)20-28(38)39(37)32(44)34-19-24-8-5-4-6-9-24/h3-6,8-9,11-14,18,26,28,40H,1,7,10,15-17,19-21H2,2H3,(H,34,44)(H,33,35,41)/t26-,28-/m0/s1. The molecule has 3 N–H and O–H groups in total. The van der Waals surface area contributed by atoms with Gasteiger partial charge in [-0.05, 0) is 36.6 Å². The number of rotatable bonds is 11. The molecule has 0 unspecified atom stereocenters. The lowest BCUT2D eigenvalue weighted by atomic mass is 9.98. The van der Waals surface area contributed by atoms with Crippen LogP contribution in [0.1, 0.15) is 28.8 Å². The maximum absolute atomic E-state index is 14.0. The minimum absolute atomic E-state index is 0.0797. The summed E-state index contributed by atoms with van der Waals surface area (Å²) in [6.45, 7) is 6.49. The molecule has 13 heteroatoms. The average molecular weight is 632 g/mol. The normalized spacial score (nSPS) is 18.5. The van der Waals surface area contributed by atoms with Crippen molar-refractivity contribution in [2.75, 3.05) is 31.5 Å². The fourth-order valence-corrected chi connectivity index (χ4v) is 6.32. The number of nitrogens with one attached hydrogen (secondary N) is 2. The van der Waals surface area contributed by atoms with Gasteiger partial charge in [0, 0.05) is 43.5 Å². The van der Waals surface area contributed by atoms with Gasteiger partial charge >= 0.3 is 6.03 Å². The quantitative estimate of drug-likeness (QED) is 0.277. The number of phenols is 1. The second-order valence-electron chi connectivity index (χ2n) is 11.0. The van der Waals surface area contributed by atoms with E-state index in [0.717, 1.165) is 16.0 Å². The van der Waals surface area contributed by atoms with Crippen molar-refractivity contribution in [2.45, 2.75) is 44.9 Å². The van der Waals surface area contributed by atoms with Crippen LogP contribution in [0.2, 0.25) is 0 Å². The first-order valence-corrected chi connectivity index (χ1v) is 15.6. The Bertz CT molecular complexity index is 1530. The Hall–Kier alpha value is -4.75. The van der Waals surface area contributed by atoms with Crippen LogP contribution in [0.5, 0.6) is 5.75 Å². The van der Waals surface area contributed by atoms with Crippen LogP contribution >= 0.6 is 11.3 Å². The Balaban J connectivity index is 1.38. The molecule has 3 heterocycles. The average Bonchev–Trinajstić information content (AvgIpc) is 3.43. The van der Waals surface area contributed by atoms with Crippen molar-refractivity contribution < 1.29 is 24.3 Å². The number of urea groups is 1. The number of aromatic hydroxyl groups is 1. The van der Waals surface area contributed by atoms with Crippen molar-refractivity contribution in [2.24, 2.45) is 0 Å². The van der Waals surface area contributed by atoms with Gasteiger partial charge in [0.25, 0.3) is 0 Å². The van der Waals surface area contributed by atoms with Gasteiger partial charge in [-0.2, -0.15) is 0 Å². The number of hydrazine groups is 1. The second-order valence-corrected chi connectivity index (χ2v) is 12.2. The van der Waals surface area contributed by atoms with Crippen LogP contribution in [0.3, 0.4) is 0 Å². The van der Waals surface area contributed by atoms with Crippen LogP contribution in [0.25, 0.3) is 0 Å². The highest BCUT2D eigenvalue weighted by molar-refractivity contribution is 7.15. The number of aryl methyl sites for hydroxylation is 1. The summed E-state index contributed by atoms with van der Waals surface area (Å²) in [6, 6.07) is 14.7. The fourth-order valence-electron chi connectivity index (χ4n) is 5.64. The van der Waals surface area contributed by atoms with Crippen LogP contribution < -0.4 is 10.6 Å². The smallest absolute Gasteiger partial charge is 0.334 e. The Morgan fingerprint density at radius 1 is 1.11 bits per heavy atom. The van der Waals surface area contributed by atoms with Gasteiger partial charge in [0.05, 0.1) is 13.1 Å². The summed E-state index contributed by atoms with van der Waals surface area (Å²) in [5.74, 6) is -0.646. The maximum Gasteiger partial charge on any atom is 0.334 e. The van der Waals surface area contributed by atoms with E-state index in [9.17, 15) is 24.3 Å². The number of anilines is 1. The van der Waals surface area contributed by atoms with Crippen molar-refractivity contribution in [1.29, 1.82) is 0 Å². The van der Waals surface area contributed by atoms with Gasteiger partial charge in [-0.3, -0.25) is 14.4 Å². The van der Waals surface area contributed by atoms with Gasteiger partial charge < -0.3 is 25.5 Å². The summed E-state index contributed by atoms with van der Waals surface area (Å²) in [5, 5.41) is 19.2. The Morgan fingerprint density at radius 3 is 2.56 bits per heavy atom. The van der Waals surface area contributed by atoms with Crippen LogP contribution in [0, 0.1) is 6.92 Å². The summed E-state index contributed by atoms with van der Waals surface area (Å²) < 4.78 is 0. The summed E-state index contributed by atoms with van der Waals surface area (Å²) in [5.41, 5.74) is 1.68. The van der Waals surface area contributed by atoms with E-state index in [1.807, 2.05) is 37.3 Å². The third-order valence-corrected chi connectivity index (χ3v) is 8.56. The van der Waals surface area contributed by atoms with Crippen molar-refractivity contribution in [3.8, 4) is 5.75 Å². The van der Waals surface area contributed by atoms with Crippen molar-refractivity contribution in [1.82, 2.24) is 30.1 Å². The fraction of sp³-hybridized carbons (Fsp3) is 0.344. The van der Waals surface area contributed by atoms with E-state index in [0.29, 0.717) is 11.6 Å². The Morgan fingerprint density at radius 2 is 1.87 bits per heavy atom. The molecule has 5 rings (SSSR count). The lowest BCUT2D eigenvalue weighted by molar-refractivity contribution is -0.189. The number of aromatic nitrogens is 1. The Kier molecular flexibility index (Phi) is 10.1. The number of phenolic OH excluding ortho intramolecular Hbond substituents is 1. The van der Waals surface area contributed by atoms with Gasteiger partial charge in [0.1, 0.15) is 18.0 Å². The van der Waals surface area contributed by atoms with Crippen LogP contribution in [0.15, 0.2) is 73.4 Å². The maximum atomic E-state index is 14.0. The molecule has 5 amide bonds. The molecule has 2 aromatic carbocycles. The minimum Gasteiger partial charge on any atom is -0.508 e. The van der Waals surface area contributed by atoms with E-state index in [1.54, 1.807) is 34.3 Å². The lowest BCUT2D eigenvalue weighted by Crippen LogP contribution is -2.76. The number of thiazole rings is 1. The second kappa shape index (κ2) is 14.4. The van der Waals surface area contributed by atoms with E-state index in [1.165, 1.54) is 33.4 Å². The number of nitrogens with zero attached hydrogens (tertiary/aromatic N) is 5. The van der Waals surface area contributed by atoms with Gasteiger partial charge in [0.2, 0.25) is 17.7 Å². The minimum atomic E-state index is -0.886. The molecule has 2 aliphatic rings. The number of fused-ring (bicyclic) bond motifs is 1. The zero-order chi connectivity index (χ0) is 31.9. The SMILES string of the molecule is C=CCN1CC(=O)N2[C@@H](Cc3ccc(O)cc3)C(=O)N(CCCC(=O)Nc3ncc(C)s3)C[C@@H]2N1C(=O)NCc1ccccc1. The predicted octanol–water partition coefficient (Wildman–Crippen LogP) is 3.11. The molecule has 2 saturated heterocycles. The highest BCUT2D eigenvalue weighted by atomic mass is 32.1. The summed E-state index contributed by atoms with van der Waals surface area (Å²) in [7, 11) is 0. The van der Waals surface area contributed by atoms with Gasteiger partial charge in [-0.25, -0.2) is 19.8 Å². The molecule has 0 radical (unpaired) electrons. The first-order valence-electron chi connectivity index (χ1n) is 14.8. The van der Waals surface area contributed by atoms with E-state index in [-0.39, 0.29) is 69.0 Å². The van der Waals surface area contributed by atoms with Crippen molar-refractivity contribution in [3.05, 3.63) is 89.5 Å². The van der Waals surface area contributed by atoms with Crippen molar-refractivity contribution >= 4 is 40.2 Å². The number of carbonyl (C=O) groups is 4. The number of benzene rings is 2. The predicted molar refractivity (Wildman–Crippen MR) is 170 cm³/mol.